The van der Waals surface area contributed by atoms with E-state index in [2.05, 4.69) is 5.16 Å². The molecular weight excluding hydrogens is 274 g/mol. The minimum atomic E-state index is -0.503. The summed E-state index contributed by atoms with van der Waals surface area (Å²) in [5.74, 6) is 0.223. The van der Waals surface area contributed by atoms with Crippen LogP contribution in [-0.2, 0) is 0 Å². The number of hydrogen-bond donors (Lipinski definition) is 2. The molecule has 0 unspecified atom stereocenters. The first kappa shape index (κ1) is 14.3. The van der Waals surface area contributed by atoms with Crippen LogP contribution >= 0.6 is 0 Å². The van der Waals surface area contributed by atoms with Crippen LogP contribution in [0, 0.1) is 17.0 Å². The van der Waals surface area contributed by atoms with Crippen molar-refractivity contribution in [2.45, 2.75) is 6.92 Å². The first-order valence-electron chi connectivity index (χ1n) is 6.03. The highest BCUT2D eigenvalue weighted by Crippen LogP contribution is 2.34. The van der Waals surface area contributed by atoms with Gasteiger partial charge in [0, 0.05) is 5.56 Å². The maximum Gasteiger partial charge on any atom is 0.314 e. The average Bonchev–Trinajstić information content (AvgIpc) is 2.46. The number of nitrogens with two attached hydrogens (primary N) is 1. The Morgan fingerprint density at radius 2 is 1.90 bits per heavy atom. The molecule has 0 atom stereocenters. The fourth-order valence-electron chi connectivity index (χ4n) is 1.89. The number of nitrogens with zero attached hydrogens (tertiary/aromatic N) is 2. The number of benzene rings is 2. The van der Waals surface area contributed by atoms with Gasteiger partial charge < -0.3 is 15.7 Å². The van der Waals surface area contributed by atoms with Crippen molar-refractivity contribution in [3.63, 3.8) is 0 Å². The van der Waals surface area contributed by atoms with Gasteiger partial charge in [-0.05, 0) is 25.1 Å². The molecule has 108 valence electrons. The SMILES string of the molecule is Cc1cccc(Oc2ccccc2/C(N)=N/O)c1[N+](=O)[O-]. The molecule has 2 aromatic carbocycles. The van der Waals surface area contributed by atoms with Crippen LogP contribution in [0.2, 0.25) is 0 Å². The Hall–Kier alpha value is -3.09. The van der Waals surface area contributed by atoms with Crippen LogP contribution in [0.5, 0.6) is 11.5 Å². The fourth-order valence-corrected chi connectivity index (χ4v) is 1.89. The maximum atomic E-state index is 11.1. The Morgan fingerprint density at radius 1 is 1.24 bits per heavy atom. The van der Waals surface area contributed by atoms with E-state index in [9.17, 15) is 10.1 Å². The fraction of sp³-hybridized carbons (Fsp3) is 0.0714. The molecule has 0 aliphatic rings. The summed E-state index contributed by atoms with van der Waals surface area (Å²) in [4.78, 5) is 10.6. The largest absolute Gasteiger partial charge is 0.449 e. The van der Waals surface area contributed by atoms with Crippen LogP contribution in [-0.4, -0.2) is 16.0 Å². The van der Waals surface area contributed by atoms with Crippen LogP contribution in [0.1, 0.15) is 11.1 Å². The van der Waals surface area contributed by atoms with Crippen LogP contribution in [0.15, 0.2) is 47.6 Å². The summed E-state index contributed by atoms with van der Waals surface area (Å²) in [6.07, 6.45) is 0. The van der Waals surface area contributed by atoms with Crippen LogP contribution < -0.4 is 10.5 Å². The van der Waals surface area contributed by atoms with Crippen molar-refractivity contribution in [3.05, 3.63) is 63.7 Å². The molecular formula is C14H13N3O4. The molecule has 0 aromatic heterocycles. The van der Waals surface area contributed by atoms with Crippen molar-refractivity contribution < 1.29 is 14.9 Å². The van der Waals surface area contributed by atoms with Gasteiger partial charge in [0.25, 0.3) is 0 Å². The summed E-state index contributed by atoms with van der Waals surface area (Å²) in [5, 5.41) is 22.8. The normalized spacial score (nSPS) is 11.2. The molecule has 0 saturated heterocycles. The number of hydrogen-bond acceptors (Lipinski definition) is 5. The van der Waals surface area contributed by atoms with E-state index in [0.717, 1.165) is 0 Å². The number of nitro groups is 1. The highest BCUT2D eigenvalue weighted by molar-refractivity contribution is 5.99. The Balaban J connectivity index is 2.49. The summed E-state index contributed by atoms with van der Waals surface area (Å²) in [5.41, 5.74) is 6.27. The lowest BCUT2D eigenvalue weighted by atomic mass is 10.1. The van der Waals surface area contributed by atoms with Gasteiger partial charge in [0.1, 0.15) is 5.75 Å². The van der Waals surface area contributed by atoms with Crippen molar-refractivity contribution in [2.75, 3.05) is 0 Å². The lowest BCUT2D eigenvalue weighted by molar-refractivity contribution is -0.386. The van der Waals surface area contributed by atoms with Crippen molar-refractivity contribution >= 4 is 11.5 Å². The Bertz CT molecular complexity index is 713. The molecule has 0 saturated carbocycles. The Morgan fingerprint density at radius 3 is 2.57 bits per heavy atom. The molecule has 0 aliphatic carbocycles. The third-order valence-electron chi connectivity index (χ3n) is 2.87. The van der Waals surface area contributed by atoms with Crippen molar-refractivity contribution in [2.24, 2.45) is 10.9 Å². The molecule has 0 amide bonds. The van der Waals surface area contributed by atoms with Gasteiger partial charge >= 0.3 is 5.69 Å². The minimum Gasteiger partial charge on any atom is -0.449 e. The summed E-state index contributed by atoms with van der Waals surface area (Å²) in [7, 11) is 0. The highest BCUT2D eigenvalue weighted by Gasteiger charge is 2.20. The number of oxime groups is 1. The molecule has 21 heavy (non-hydrogen) atoms. The first-order chi connectivity index (χ1) is 10.0. The van der Waals surface area contributed by atoms with E-state index >= 15 is 0 Å². The molecule has 0 spiro atoms. The van der Waals surface area contributed by atoms with E-state index in [-0.39, 0.29) is 23.0 Å². The minimum absolute atomic E-state index is 0.0955. The zero-order chi connectivity index (χ0) is 15.4. The topological polar surface area (TPSA) is 111 Å². The highest BCUT2D eigenvalue weighted by atomic mass is 16.6. The second-order valence-corrected chi connectivity index (χ2v) is 4.26. The molecule has 7 nitrogen and oxygen atoms in total. The molecule has 3 N–H and O–H groups in total. The number of amidine groups is 1. The number of rotatable bonds is 4. The van der Waals surface area contributed by atoms with Gasteiger partial charge in [-0.2, -0.15) is 0 Å². The van der Waals surface area contributed by atoms with Crippen molar-refractivity contribution in [1.29, 1.82) is 0 Å². The van der Waals surface area contributed by atoms with Crippen molar-refractivity contribution in [3.8, 4) is 11.5 Å². The predicted molar refractivity (Wildman–Crippen MR) is 76.9 cm³/mol. The molecule has 0 radical (unpaired) electrons. The second-order valence-electron chi connectivity index (χ2n) is 4.26. The molecule has 2 rings (SSSR count). The second kappa shape index (κ2) is 5.91. The van der Waals surface area contributed by atoms with Gasteiger partial charge in [-0.1, -0.05) is 29.4 Å². The van der Waals surface area contributed by atoms with E-state index in [1.54, 1.807) is 43.3 Å². The third kappa shape index (κ3) is 2.92. The van der Waals surface area contributed by atoms with Gasteiger partial charge in [0.15, 0.2) is 5.84 Å². The van der Waals surface area contributed by atoms with E-state index in [4.69, 9.17) is 15.7 Å². The molecule has 0 heterocycles. The summed E-state index contributed by atoms with van der Waals surface area (Å²) in [6.45, 7) is 1.63. The summed E-state index contributed by atoms with van der Waals surface area (Å²) < 4.78 is 5.59. The molecule has 2 aromatic rings. The summed E-state index contributed by atoms with van der Waals surface area (Å²) in [6, 6.07) is 11.3. The van der Waals surface area contributed by atoms with Crippen LogP contribution in [0.25, 0.3) is 0 Å². The van der Waals surface area contributed by atoms with E-state index in [1.165, 1.54) is 6.07 Å². The third-order valence-corrected chi connectivity index (χ3v) is 2.87. The van der Waals surface area contributed by atoms with Crippen molar-refractivity contribution in [1.82, 2.24) is 0 Å². The standard InChI is InChI=1S/C14H13N3O4/c1-9-5-4-8-12(13(9)17(19)20)21-11-7-3-2-6-10(11)14(15)16-18/h2-8,18H,1H3,(H2,15,16). The van der Waals surface area contributed by atoms with E-state index in [1.807, 2.05) is 0 Å². The number of aryl methyl sites for hydroxylation is 1. The molecule has 0 aliphatic heterocycles. The zero-order valence-electron chi connectivity index (χ0n) is 11.2. The molecule has 0 fully saturated rings. The smallest absolute Gasteiger partial charge is 0.314 e. The van der Waals surface area contributed by atoms with Crippen LogP contribution in [0.3, 0.4) is 0 Å². The van der Waals surface area contributed by atoms with E-state index < -0.39 is 4.92 Å². The summed E-state index contributed by atoms with van der Waals surface area (Å²) >= 11 is 0. The number of nitro benzene ring substituents is 1. The van der Waals surface area contributed by atoms with E-state index in [0.29, 0.717) is 11.1 Å². The van der Waals surface area contributed by atoms with Crippen LogP contribution in [0.4, 0.5) is 5.69 Å². The van der Waals surface area contributed by atoms with Gasteiger partial charge in [-0.3, -0.25) is 10.1 Å². The monoisotopic (exact) mass is 287 g/mol. The lowest BCUT2D eigenvalue weighted by Gasteiger charge is -2.11. The molecule has 0 bridgehead atoms. The maximum absolute atomic E-state index is 11.1. The quantitative estimate of drug-likeness (QED) is 0.295. The zero-order valence-corrected chi connectivity index (χ0v) is 11.2. The van der Waals surface area contributed by atoms with Gasteiger partial charge in [0.05, 0.1) is 10.5 Å². The van der Waals surface area contributed by atoms with Gasteiger partial charge in [0.2, 0.25) is 5.75 Å². The molecule has 7 heteroatoms. The van der Waals surface area contributed by atoms with Gasteiger partial charge in [-0.15, -0.1) is 0 Å². The Labute approximate surface area is 120 Å². The average molecular weight is 287 g/mol. The first-order valence-corrected chi connectivity index (χ1v) is 6.03. The number of ether oxygens (including phenoxy) is 1. The lowest BCUT2D eigenvalue weighted by Crippen LogP contribution is -2.14. The predicted octanol–water partition coefficient (Wildman–Crippen LogP) is 2.79. The Kier molecular flexibility index (Phi) is 4.03. The number of para-hydroxylation sites is 2. The van der Waals surface area contributed by atoms with Gasteiger partial charge in [-0.25, -0.2) is 0 Å².